The first-order chi connectivity index (χ1) is 8.93. The summed E-state index contributed by atoms with van der Waals surface area (Å²) in [4.78, 5) is 21.6. The van der Waals surface area contributed by atoms with E-state index >= 15 is 0 Å². The fourth-order valence-electron chi connectivity index (χ4n) is 1.81. The fourth-order valence-corrected chi connectivity index (χ4v) is 2.50. The van der Waals surface area contributed by atoms with E-state index in [1.165, 1.54) is 6.92 Å². The van der Waals surface area contributed by atoms with Crippen LogP contribution in [0.1, 0.15) is 6.92 Å². The molecule has 0 saturated carbocycles. The van der Waals surface area contributed by atoms with Crippen molar-refractivity contribution in [3.63, 3.8) is 0 Å². The lowest BCUT2D eigenvalue weighted by atomic mass is 10.1. The van der Waals surface area contributed by atoms with Crippen molar-refractivity contribution in [2.75, 3.05) is 5.32 Å². The topological polar surface area (TPSA) is 72.2 Å². The number of carbonyl (C=O) groups excluding carboxylic acids is 1. The molecule has 0 saturated heterocycles. The second-order valence-corrected chi connectivity index (χ2v) is 4.59. The van der Waals surface area contributed by atoms with Crippen molar-refractivity contribution in [3.8, 4) is 0 Å². The van der Waals surface area contributed by atoms with Crippen LogP contribution in [-0.4, -0.2) is 10.8 Å². The zero-order valence-electron chi connectivity index (χ0n) is 9.74. The van der Waals surface area contributed by atoms with Crippen LogP contribution < -0.4 is 5.32 Å². The maximum absolute atomic E-state index is 11.2. The van der Waals surface area contributed by atoms with E-state index in [-0.39, 0.29) is 21.6 Å². The lowest BCUT2D eigenvalue weighted by molar-refractivity contribution is -0.384. The molecule has 0 aliphatic carbocycles. The number of fused-ring (bicyclic) bond motifs is 1. The molecule has 0 unspecified atom stereocenters. The van der Waals surface area contributed by atoms with E-state index in [1.807, 2.05) is 0 Å². The molecule has 98 valence electrons. The third-order valence-corrected chi connectivity index (χ3v) is 3.30. The van der Waals surface area contributed by atoms with Gasteiger partial charge < -0.3 is 5.32 Å². The number of hydrogen-bond donors (Lipinski definition) is 1. The van der Waals surface area contributed by atoms with Gasteiger partial charge in [-0.2, -0.15) is 0 Å². The molecule has 0 spiro atoms. The maximum atomic E-state index is 11.2. The molecule has 1 N–H and O–H groups in total. The summed E-state index contributed by atoms with van der Waals surface area (Å²) in [6.07, 6.45) is 0. The van der Waals surface area contributed by atoms with Crippen LogP contribution in [0.15, 0.2) is 24.3 Å². The van der Waals surface area contributed by atoms with Crippen LogP contribution in [0.3, 0.4) is 0 Å². The van der Waals surface area contributed by atoms with Crippen molar-refractivity contribution < 1.29 is 9.72 Å². The Morgan fingerprint density at radius 1 is 1.21 bits per heavy atom. The van der Waals surface area contributed by atoms with Crippen LogP contribution in [0.25, 0.3) is 10.8 Å². The summed E-state index contributed by atoms with van der Waals surface area (Å²) in [5.41, 5.74) is -0.216. The Labute approximate surface area is 118 Å². The van der Waals surface area contributed by atoms with E-state index in [9.17, 15) is 14.9 Å². The van der Waals surface area contributed by atoms with Gasteiger partial charge in [0.25, 0.3) is 0 Å². The summed E-state index contributed by atoms with van der Waals surface area (Å²) >= 11 is 12.0. The standard InChI is InChI=1S/C12H8Cl2N2O3/c1-6(17)15-11-8-5-3-2-4-7(8)9(13)12(10(11)14)16(18)19/h2-5H,1H3,(H,15,17). The molecule has 2 aromatic rings. The molecule has 7 heteroatoms. The molecule has 0 aromatic heterocycles. The van der Waals surface area contributed by atoms with Gasteiger partial charge in [0.05, 0.1) is 10.6 Å². The molecule has 0 fully saturated rings. The Bertz CT molecular complexity index is 701. The third kappa shape index (κ3) is 2.34. The summed E-state index contributed by atoms with van der Waals surface area (Å²) in [6, 6.07) is 6.74. The summed E-state index contributed by atoms with van der Waals surface area (Å²) < 4.78 is 0. The SMILES string of the molecule is CC(=O)Nc1c(Cl)c([N+](=O)[O-])c(Cl)c2ccccc12. The van der Waals surface area contributed by atoms with Crippen LogP contribution in [0.2, 0.25) is 10.0 Å². The molecular formula is C12H8Cl2N2O3. The van der Waals surface area contributed by atoms with Gasteiger partial charge in [0, 0.05) is 17.7 Å². The summed E-state index contributed by atoms with van der Waals surface area (Å²) in [5.74, 6) is -0.372. The van der Waals surface area contributed by atoms with Gasteiger partial charge in [-0.1, -0.05) is 47.5 Å². The average Bonchev–Trinajstić information content (AvgIpc) is 2.34. The second-order valence-electron chi connectivity index (χ2n) is 3.84. The first-order valence-corrected chi connectivity index (χ1v) is 6.00. The van der Waals surface area contributed by atoms with Crippen molar-refractivity contribution in [1.29, 1.82) is 0 Å². The Balaban J connectivity index is 2.91. The number of carbonyl (C=O) groups is 1. The van der Waals surface area contributed by atoms with Gasteiger partial charge in [-0.25, -0.2) is 0 Å². The highest BCUT2D eigenvalue weighted by Gasteiger charge is 2.25. The number of halogens is 2. The zero-order chi connectivity index (χ0) is 14.2. The smallest absolute Gasteiger partial charge is 0.309 e. The maximum Gasteiger partial charge on any atom is 0.309 e. The van der Waals surface area contributed by atoms with Crippen LogP contribution in [0.5, 0.6) is 0 Å². The number of benzene rings is 2. The number of nitrogens with zero attached hydrogens (tertiary/aromatic N) is 1. The molecule has 5 nitrogen and oxygen atoms in total. The van der Waals surface area contributed by atoms with E-state index in [0.717, 1.165) is 0 Å². The van der Waals surface area contributed by atoms with Crippen LogP contribution in [-0.2, 0) is 4.79 Å². The van der Waals surface area contributed by atoms with E-state index in [1.54, 1.807) is 24.3 Å². The molecule has 0 radical (unpaired) electrons. The van der Waals surface area contributed by atoms with E-state index in [0.29, 0.717) is 10.8 Å². The normalized spacial score (nSPS) is 10.5. The van der Waals surface area contributed by atoms with E-state index in [2.05, 4.69) is 5.32 Å². The number of nitro groups is 1. The highest BCUT2D eigenvalue weighted by molar-refractivity contribution is 6.44. The predicted molar refractivity (Wildman–Crippen MR) is 74.9 cm³/mol. The van der Waals surface area contributed by atoms with Gasteiger partial charge in [0.15, 0.2) is 0 Å². The van der Waals surface area contributed by atoms with Crippen molar-refractivity contribution in [1.82, 2.24) is 0 Å². The van der Waals surface area contributed by atoms with Crippen LogP contribution in [0, 0.1) is 10.1 Å². The van der Waals surface area contributed by atoms with Crippen LogP contribution in [0.4, 0.5) is 11.4 Å². The Kier molecular flexibility index (Phi) is 3.59. The van der Waals surface area contributed by atoms with E-state index < -0.39 is 10.6 Å². The fraction of sp³-hybridized carbons (Fsp3) is 0.0833. The van der Waals surface area contributed by atoms with Crippen LogP contribution >= 0.6 is 23.2 Å². The largest absolute Gasteiger partial charge is 0.324 e. The number of nitro benzene ring substituents is 1. The minimum absolute atomic E-state index is 0.0419. The number of amides is 1. The molecule has 0 aliphatic heterocycles. The first kappa shape index (κ1) is 13.6. The summed E-state index contributed by atoms with van der Waals surface area (Å²) in [7, 11) is 0. The average molecular weight is 299 g/mol. The number of hydrogen-bond acceptors (Lipinski definition) is 3. The molecule has 0 aliphatic rings. The Morgan fingerprint density at radius 2 is 1.79 bits per heavy atom. The van der Waals surface area contributed by atoms with Gasteiger partial charge in [-0.15, -0.1) is 0 Å². The highest BCUT2D eigenvalue weighted by Crippen LogP contribution is 2.44. The van der Waals surface area contributed by atoms with Gasteiger partial charge in [-0.05, 0) is 0 Å². The van der Waals surface area contributed by atoms with Gasteiger partial charge >= 0.3 is 5.69 Å². The van der Waals surface area contributed by atoms with Gasteiger partial charge in [-0.3, -0.25) is 14.9 Å². The Hall–Kier alpha value is -1.85. The monoisotopic (exact) mass is 298 g/mol. The van der Waals surface area contributed by atoms with E-state index in [4.69, 9.17) is 23.2 Å². The molecule has 0 heterocycles. The Morgan fingerprint density at radius 3 is 2.32 bits per heavy atom. The van der Waals surface area contributed by atoms with Gasteiger partial charge in [0.2, 0.25) is 5.91 Å². The van der Waals surface area contributed by atoms with Crippen molar-refractivity contribution in [2.24, 2.45) is 0 Å². The highest BCUT2D eigenvalue weighted by atomic mass is 35.5. The van der Waals surface area contributed by atoms with Crippen molar-refractivity contribution in [3.05, 3.63) is 44.4 Å². The molecule has 19 heavy (non-hydrogen) atoms. The lowest BCUT2D eigenvalue weighted by Crippen LogP contribution is -2.08. The molecule has 2 aromatic carbocycles. The predicted octanol–water partition coefficient (Wildman–Crippen LogP) is 4.01. The van der Waals surface area contributed by atoms with Crippen molar-refractivity contribution >= 4 is 51.3 Å². The molecule has 1 amide bonds. The number of nitrogens with one attached hydrogen (secondary N) is 1. The summed E-state index contributed by atoms with van der Waals surface area (Å²) in [6.45, 7) is 1.30. The minimum atomic E-state index is -0.664. The third-order valence-electron chi connectivity index (χ3n) is 2.55. The number of rotatable bonds is 2. The molecule has 0 bridgehead atoms. The molecular weight excluding hydrogens is 291 g/mol. The second kappa shape index (κ2) is 5.03. The molecule has 0 atom stereocenters. The van der Waals surface area contributed by atoms with Gasteiger partial charge in [0.1, 0.15) is 10.0 Å². The zero-order valence-corrected chi connectivity index (χ0v) is 11.2. The first-order valence-electron chi connectivity index (χ1n) is 5.25. The van der Waals surface area contributed by atoms with Crippen molar-refractivity contribution in [2.45, 2.75) is 6.92 Å². The minimum Gasteiger partial charge on any atom is -0.324 e. The summed E-state index contributed by atoms with van der Waals surface area (Å²) in [5, 5.41) is 14.3. The molecule has 2 rings (SSSR count). The number of anilines is 1. The quantitative estimate of drug-likeness (QED) is 0.672. The lowest BCUT2D eigenvalue weighted by Gasteiger charge is -2.11.